The van der Waals surface area contributed by atoms with Crippen LogP contribution >= 0.6 is 0 Å². The van der Waals surface area contributed by atoms with Gasteiger partial charge in [0, 0.05) is 19.6 Å². The molecule has 2 saturated heterocycles. The Morgan fingerprint density at radius 2 is 2.05 bits per heavy atom. The second kappa shape index (κ2) is 6.56. The Bertz CT molecular complexity index is 395. The summed E-state index contributed by atoms with van der Waals surface area (Å²) in [6.07, 6.45) is 2.36. The predicted molar refractivity (Wildman–Crippen MR) is 70.2 cm³/mol. The van der Waals surface area contributed by atoms with Crippen molar-refractivity contribution in [2.45, 2.75) is 18.9 Å². The highest BCUT2D eigenvalue weighted by Gasteiger charge is 2.35. The molecule has 0 radical (unpaired) electrons. The molecule has 1 unspecified atom stereocenters. The Hall–Kier alpha value is -1.83. The highest BCUT2D eigenvalue weighted by atomic mass is 16.4. The number of likely N-dealkylation sites (tertiary alicyclic amines) is 1. The van der Waals surface area contributed by atoms with E-state index in [1.54, 1.807) is 0 Å². The lowest BCUT2D eigenvalue weighted by Crippen LogP contribution is -2.61. The molecule has 2 heterocycles. The van der Waals surface area contributed by atoms with E-state index < -0.39 is 18.0 Å². The van der Waals surface area contributed by atoms with Crippen LogP contribution in [-0.4, -0.2) is 78.1 Å². The summed E-state index contributed by atoms with van der Waals surface area (Å²) >= 11 is 0. The first kappa shape index (κ1) is 14.6. The van der Waals surface area contributed by atoms with Gasteiger partial charge in [0.25, 0.3) is 0 Å². The monoisotopic (exact) mass is 284 g/mol. The topological polar surface area (TPSA) is 102 Å². The maximum atomic E-state index is 12.0. The number of aliphatic carboxylic acids is 1. The van der Waals surface area contributed by atoms with Gasteiger partial charge in [0.15, 0.2) is 0 Å². The number of carboxylic acids is 1. The molecule has 8 nitrogen and oxygen atoms in total. The van der Waals surface area contributed by atoms with Crippen molar-refractivity contribution in [2.24, 2.45) is 0 Å². The number of rotatable bonds is 4. The summed E-state index contributed by atoms with van der Waals surface area (Å²) in [6.45, 7) is 3.03. The van der Waals surface area contributed by atoms with E-state index >= 15 is 0 Å². The van der Waals surface area contributed by atoms with Gasteiger partial charge < -0.3 is 20.6 Å². The van der Waals surface area contributed by atoms with Gasteiger partial charge in [-0.3, -0.25) is 9.69 Å². The Kier molecular flexibility index (Phi) is 4.78. The number of hydrogen-bond acceptors (Lipinski definition) is 4. The van der Waals surface area contributed by atoms with Gasteiger partial charge in [0.05, 0.1) is 0 Å². The molecule has 0 aromatic carbocycles. The number of carbonyl (C=O) groups excluding carboxylic acids is 2. The van der Waals surface area contributed by atoms with Crippen molar-refractivity contribution in [2.75, 3.05) is 39.3 Å². The first-order valence-electron chi connectivity index (χ1n) is 6.84. The molecule has 8 heteroatoms. The molecule has 0 aliphatic carbocycles. The number of carboxylic acid groups (broad SMARTS) is 1. The molecule has 2 aliphatic heterocycles. The lowest BCUT2D eigenvalue weighted by atomic mass is 10.2. The molecule has 0 bridgehead atoms. The molecule has 0 aromatic rings. The van der Waals surface area contributed by atoms with Crippen LogP contribution < -0.4 is 10.6 Å². The zero-order valence-electron chi connectivity index (χ0n) is 11.3. The van der Waals surface area contributed by atoms with Gasteiger partial charge in [-0.2, -0.15) is 0 Å². The van der Waals surface area contributed by atoms with Crippen molar-refractivity contribution in [3.05, 3.63) is 0 Å². The zero-order valence-corrected chi connectivity index (χ0v) is 11.3. The average Bonchev–Trinajstić information content (AvgIpc) is 2.91. The standard InChI is InChI=1S/C12H20N4O4/c17-10-8-16(9(7-14-10)11(18)19)12(20)13-3-6-15-4-1-2-5-15/h9H,1-8H2,(H,13,20)(H,14,17)(H,18,19). The summed E-state index contributed by atoms with van der Waals surface area (Å²) in [5.41, 5.74) is 0. The third kappa shape index (κ3) is 3.60. The number of carbonyl (C=O) groups is 3. The maximum Gasteiger partial charge on any atom is 0.328 e. The van der Waals surface area contributed by atoms with E-state index in [4.69, 9.17) is 5.11 Å². The van der Waals surface area contributed by atoms with Crippen molar-refractivity contribution >= 4 is 17.9 Å². The number of nitrogens with zero attached hydrogens (tertiary/aromatic N) is 2. The van der Waals surface area contributed by atoms with Crippen molar-refractivity contribution in [1.82, 2.24) is 20.4 Å². The van der Waals surface area contributed by atoms with Crippen LogP contribution in [0.3, 0.4) is 0 Å². The summed E-state index contributed by atoms with van der Waals surface area (Å²) < 4.78 is 0. The molecule has 0 aromatic heterocycles. The van der Waals surface area contributed by atoms with Gasteiger partial charge >= 0.3 is 12.0 Å². The van der Waals surface area contributed by atoms with E-state index in [1.165, 1.54) is 12.8 Å². The molecule has 3 N–H and O–H groups in total. The smallest absolute Gasteiger partial charge is 0.328 e. The lowest BCUT2D eigenvalue weighted by Gasteiger charge is -2.32. The van der Waals surface area contributed by atoms with Gasteiger partial charge in [0.2, 0.25) is 5.91 Å². The number of nitrogens with one attached hydrogen (secondary N) is 2. The van der Waals surface area contributed by atoms with Crippen LogP contribution in [0.5, 0.6) is 0 Å². The number of hydrogen-bond donors (Lipinski definition) is 3. The quantitative estimate of drug-likeness (QED) is 0.594. The molecular formula is C12H20N4O4. The van der Waals surface area contributed by atoms with Gasteiger partial charge in [0.1, 0.15) is 12.6 Å². The first-order valence-corrected chi connectivity index (χ1v) is 6.84. The SMILES string of the molecule is O=C1CN(C(=O)NCCN2CCCC2)C(C(=O)O)CN1. The van der Waals surface area contributed by atoms with Crippen LogP contribution in [0.15, 0.2) is 0 Å². The van der Waals surface area contributed by atoms with E-state index in [0.717, 1.165) is 24.5 Å². The van der Waals surface area contributed by atoms with Gasteiger partial charge in [-0.05, 0) is 25.9 Å². The fourth-order valence-corrected chi connectivity index (χ4v) is 2.50. The minimum atomic E-state index is -1.11. The van der Waals surface area contributed by atoms with Crippen molar-refractivity contribution in [3.8, 4) is 0 Å². The van der Waals surface area contributed by atoms with E-state index in [1.807, 2.05) is 0 Å². The van der Waals surface area contributed by atoms with Crippen LogP contribution in [-0.2, 0) is 9.59 Å². The fourth-order valence-electron chi connectivity index (χ4n) is 2.50. The van der Waals surface area contributed by atoms with Crippen LogP contribution in [0.1, 0.15) is 12.8 Å². The highest BCUT2D eigenvalue weighted by Crippen LogP contribution is 2.07. The van der Waals surface area contributed by atoms with Gasteiger partial charge in [-0.1, -0.05) is 0 Å². The Morgan fingerprint density at radius 1 is 1.35 bits per heavy atom. The summed E-state index contributed by atoms with van der Waals surface area (Å²) in [4.78, 5) is 37.7. The predicted octanol–water partition coefficient (Wildman–Crippen LogP) is -1.32. The Balaban J connectivity index is 1.81. The largest absolute Gasteiger partial charge is 0.480 e. The molecule has 0 saturated carbocycles. The lowest BCUT2D eigenvalue weighted by molar-refractivity contribution is -0.144. The van der Waals surface area contributed by atoms with E-state index in [9.17, 15) is 14.4 Å². The number of piperazine rings is 1. The van der Waals surface area contributed by atoms with Gasteiger partial charge in [-0.25, -0.2) is 9.59 Å². The molecule has 1 atom stereocenters. The third-order valence-corrected chi connectivity index (χ3v) is 3.63. The molecule has 2 aliphatic rings. The Labute approximate surface area is 117 Å². The van der Waals surface area contributed by atoms with E-state index in [-0.39, 0.29) is 19.0 Å². The summed E-state index contributed by atoms with van der Waals surface area (Å²) in [5.74, 6) is -1.45. The first-order chi connectivity index (χ1) is 9.58. The molecule has 112 valence electrons. The van der Waals surface area contributed by atoms with E-state index in [2.05, 4.69) is 15.5 Å². The summed E-state index contributed by atoms with van der Waals surface area (Å²) in [6, 6.07) is -1.49. The van der Waals surface area contributed by atoms with Crippen LogP contribution in [0, 0.1) is 0 Å². The molecule has 2 fully saturated rings. The zero-order chi connectivity index (χ0) is 14.5. The summed E-state index contributed by atoms with van der Waals surface area (Å²) in [5, 5.41) is 14.2. The van der Waals surface area contributed by atoms with Crippen molar-refractivity contribution in [1.29, 1.82) is 0 Å². The molecule has 3 amide bonds. The van der Waals surface area contributed by atoms with Crippen molar-refractivity contribution < 1.29 is 19.5 Å². The van der Waals surface area contributed by atoms with Crippen LogP contribution in [0.4, 0.5) is 4.79 Å². The van der Waals surface area contributed by atoms with Crippen LogP contribution in [0.25, 0.3) is 0 Å². The van der Waals surface area contributed by atoms with Crippen LogP contribution in [0.2, 0.25) is 0 Å². The van der Waals surface area contributed by atoms with Gasteiger partial charge in [-0.15, -0.1) is 0 Å². The normalized spacial score (nSPS) is 23.5. The number of urea groups is 1. The third-order valence-electron chi connectivity index (χ3n) is 3.63. The highest BCUT2D eigenvalue weighted by molar-refractivity contribution is 5.90. The second-order valence-corrected chi connectivity index (χ2v) is 5.07. The second-order valence-electron chi connectivity index (χ2n) is 5.07. The maximum absolute atomic E-state index is 12.0. The van der Waals surface area contributed by atoms with E-state index in [0.29, 0.717) is 6.54 Å². The fraction of sp³-hybridized carbons (Fsp3) is 0.750. The summed E-state index contributed by atoms with van der Waals surface area (Å²) in [7, 11) is 0. The molecule has 0 spiro atoms. The molecular weight excluding hydrogens is 264 g/mol. The van der Waals surface area contributed by atoms with Crippen molar-refractivity contribution in [3.63, 3.8) is 0 Å². The minimum Gasteiger partial charge on any atom is -0.480 e. The molecule has 2 rings (SSSR count). The molecule has 20 heavy (non-hydrogen) atoms. The number of amides is 3. The minimum absolute atomic E-state index is 0.0479. The average molecular weight is 284 g/mol. The Morgan fingerprint density at radius 3 is 2.70 bits per heavy atom.